The molecule has 0 aliphatic rings. The first-order valence-corrected chi connectivity index (χ1v) is 11.6. The number of nitrogens with one attached hydrogen (secondary N) is 2. The van der Waals surface area contributed by atoms with Crippen LogP contribution in [-0.4, -0.2) is 52.5 Å². The van der Waals surface area contributed by atoms with Crippen molar-refractivity contribution in [2.24, 2.45) is 10.1 Å². The van der Waals surface area contributed by atoms with Crippen molar-refractivity contribution in [1.29, 1.82) is 0 Å². The SMILES string of the molecule is CN=C(NCCc1ccc(S(N)(=O)=O)cc1)NCCC(C)N(C)Cc1ccccc1. The summed E-state index contributed by atoms with van der Waals surface area (Å²) in [7, 11) is 0.249. The van der Waals surface area contributed by atoms with Crippen molar-refractivity contribution in [2.75, 3.05) is 27.2 Å². The maximum Gasteiger partial charge on any atom is 0.238 e. The number of benzene rings is 2. The van der Waals surface area contributed by atoms with Crippen LogP contribution in [0.4, 0.5) is 0 Å². The Morgan fingerprint density at radius 3 is 2.27 bits per heavy atom. The molecule has 4 N–H and O–H groups in total. The summed E-state index contributed by atoms with van der Waals surface area (Å²) < 4.78 is 22.6. The smallest absolute Gasteiger partial charge is 0.238 e. The summed E-state index contributed by atoms with van der Waals surface area (Å²) in [5.74, 6) is 0.758. The van der Waals surface area contributed by atoms with Crippen molar-refractivity contribution >= 4 is 16.0 Å². The van der Waals surface area contributed by atoms with Gasteiger partial charge in [0.15, 0.2) is 5.96 Å². The number of hydrogen-bond donors (Lipinski definition) is 3. The second-order valence-electron chi connectivity index (χ2n) is 7.40. The van der Waals surface area contributed by atoms with Gasteiger partial charge in [0.05, 0.1) is 4.90 Å². The van der Waals surface area contributed by atoms with Gasteiger partial charge in [-0.2, -0.15) is 0 Å². The highest BCUT2D eigenvalue weighted by Crippen LogP contribution is 2.09. The van der Waals surface area contributed by atoms with Crippen molar-refractivity contribution in [3.05, 3.63) is 65.7 Å². The molecular weight excluding hydrogens is 398 g/mol. The summed E-state index contributed by atoms with van der Waals surface area (Å²) in [6.07, 6.45) is 1.75. The van der Waals surface area contributed by atoms with Gasteiger partial charge >= 0.3 is 0 Å². The molecule has 0 aromatic heterocycles. The van der Waals surface area contributed by atoms with Crippen LogP contribution in [0.15, 0.2) is 64.5 Å². The first kappa shape index (κ1) is 23.9. The van der Waals surface area contributed by atoms with Gasteiger partial charge in [0.2, 0.25) is 10.0 Å². The highest BCUT2D eigenvalue weighted by molar-refractivity contribution is 7.89. The fourth-order valence-corrected chi connectivity index (χ4v) is 3.55. The average molecular weight is 432 g/mol. The van der Waals surface area contributed by atoms with Crippen molar-refractivity contribution < 1.29 is 8.42 Å². The van der Waals surface area contributed by atoms with Gasteiger partial charge in [-0.3, -0.25) is 9.89 Å². The van der Waals surface area contributed by atoms with Crippen LogP contribution >= 0.6 is 0 Å². The number of guanidine groups is 1. The number of nitrogens with zero attached hydrogens (tertiary/aromatic N) is 2. The molecule has 0 amide bonds. The second-order valence-corrected chi connectivity index (χ2v) is 8.96. The van der Waals surface area contributed by atoms with E-state index in [4.69, 9.17) is 5.14 Å². The van der Waals surface area contributed by atoms with Crippen LogP contribution in [0.2, 0.25) is 0 Å². The molecule has 0 heterocycles. The third kappa shape index (κ3) is 8.14. The number of nitrogens with two attached hydrogens (primary N) is 1. The fourth-order valence-electron chi connectivity index (χ4n) is 3.04. The van der Waals surface area contributed by atoms with E-state index in [2.05, 4.69) is 58.8 Å². The molecule has 0 saturated heterocycles. The molecule has 2 rings (SSSR count). The van der Waals surface area contributed by atoms with Gasteiger partial charge in [-0.1, -0.05) is 42.5 Å². The van der Waals surface area contributed by atoms with Crippen LogP contribution in [0, 0.1) is 0 Å². The minimum atomic E-state index is -3.65. The van der Waals surface area contributed by atoms with Gasteiger partial charge in [-0.15, -0.1) is 0 Å². The van der Waals surface area contributed by atoms with Gasteiger partial charge in [0.1, 0.15) is 0 Å². The predicted molar refractivity (Wildman–Crippen MR) is 123 cm³/mol. The minimum Gasteiger partial charge on any atom is -0.356 e. The molecule has 1 atom stereocenters. The molecular formula is C22H33N5O2S. The lowest BCUT2D eigenvalue weighted by Gasteiger charge is -2.25. The number of aliphatic imine (C=N–C) groups is 1. The summed E-state index contributed by atoms with van der Waals surface area (Å²) >= 11 is 0. The van der Waals surface area contributed by atoms with E-state index < -0.39 is 10.0 Å². The first-order chi connectivity index (χ1) is 14.3. The Bertz CT molecular complexity index is 899. The molecule has 2 aromatic rings. The van der Waals surface area contributed by atoms with Crippen LogP contribution in [0.1, 0.15) is 24.5 Å². The van der Waals surface area contributed by atoms with Crippen molar-refractivity contribution in [1.82, 2.24) is 15.5 Å². The Labute approximate surface area is 180 Å². The Morgan fingerprint density at radius 1 is 1.03 bits per heavy atom. The number of sulfonamides is 1. The lowest BCUT2D eigenvalue weighted by molar-refractivity contribution is 0.238. The summed E-state index contributed by atoms with van der Waals surface area (Å²) in [4.78, 5) is 6.73. The number of primary sulfonamides is 1. The highest BCUT2D eigenvalue weighted by Gasteiger charge is 2.10. The highest BCUT2D eigenvalue weighted by atomic mass is 32.2. The Hall–Kier alpha value is -2.42. The average Bonchev–Trinajstić information content (AvgIpc) is 2.73. The fraction of sp³-hybridized carbons (Fsp3) is 0.409. The molecule has 0 aliphatic heterocycles. The zero-order chi connectivity index (χ0) is 22.0. The number of rotatable bonds is 10. The molecule has 0 radical (unpaired) electrons. The van der Waals surface area contributed by atoms with E-state index in [-0.39, 0.29) is 4.90 Å². The van der Waals surface area contributed by atoms with E-state index in [1.165, 1.54) is 17.7 Å². The quantitative estimate of drug-likeness (QED) is 0.394. The summed E-state index contributed by atoms with van der Waals surface area (Å²) in [6, 6.07) is 17.5. The molecule has 1 unspecified atom stereocenters. The molecule has 2 aromatic carbocycles. The van der Waals surface area contributed by atoms with E-state index >= 15 is 0 Å². The molecule has 0 aliphatic carbocycles. The van der Waals surface area contributed by atoms with Gasteiger partial charge in [-0.25, -0.2) is 13.6 Å². The van der Waals surface area contributed by atoms with Gasteiger partial charge < -0.3 is 10.6 Å². The van der Waals surface area contributed by atoms with Crippen molar-refractivity contribution in [2.45, 2.75) is 37.2 Å². The Balaban J connectivity index is 1.69. The lowest BCUT2D eigenvalue weighted by atomic mass is 10.1. The molecule has 0 bridgehead atoms. The van der Waals surface area contributed by atoms with Crippen LogP contribution in [0.25, 0.3) is 0 Å². The maximum absolute atomic E-state index is 11.3. The van der Waals surface area contributed by atoms with E-state index in [0.717, 1.165) is 37.5 Å². The third-order valence-corrected chi connectivity index (χ3v) is 5.99. The third-order valence-electron chi connectivity index (χ3n) is 5.06. The van der Waals surface area contributed by atoms with E-state index in [0.29, 0.717) is 12.6 Å². The van der Waals surface area contributed by atoms with Gasteiger partial charge in [0, 0.05) is 32.7 Å². The lowest BCUT2D eigenvalue weighted by Crippen LogP contribution is -2.40. The second kappa shape index (κ2) is 11.7. The molecule has 0 spiro atoms. The van der Waals surface area contributed by atoms with E-state index in [9.17, 15) is 8.42 Å². The predicted octanol–water partition coefficient (Wildman–Crippen LogP) is 1.95. The standard InChI is InChI=1S/C22H33N5O2S/c1-18(27(3)17-20-7-5-4-6-8-20)13-15-25-22(24-2)26-16-14-19-9-11-21(12-10-19)30(23,28)29/h4-12,18H,13-17H2,1-3H3,(H2,23,28,29)(H2,24,25,26). The van der Waals surface area contributed by atoms with E-state index in [1.54, 1.807) is 19.2 Å². The summed E-state index contributed by atoms with van der Waals surface area (Å²) in [5.41, 5.74) is 2.34. The van der Waals surface area contributed by atoms with Crippen LogP contribution < -0.4 is 15.8 Å². The topological polar surface area (TPSA) is 99.8 Å². The molecule has 164 valence electrons. The largest absolute Gasteiger partial charge is 0.356 e. The zero-order valence-corrected chi connectivity index (χ0v) is 18.8. The molecule has 7 nitrogen and oxygen atoms in total. The first-order valence-electron chi connectivity index (χ1n) is 10.1. The Morgan fingerprint density at radius 2 is 1.67 bits per heavy atom. The minimum absolute atomic E-state index is 0.128. The zero-order valence-electron chi connectivity index (χ0n) is 18.0. The molecule has 30 heavy (non-hydrogen) atoms. The van der Waals surface area contributed by atoms with Crippen LogP contribution in [-0.2, 0) is 23.0 Å². The van der Waals surface area contributed by atoms with Crippen molar-refractivity contribution in [3.8, 4) is 0 Å². The van der Waals surface area contributed by atoms with E-state index in [1.807, 2.05) is 6.07 Å². The van der Waals surface area contributed by atoms with Crippen LogP contribution in [0.3, 0.4) is 0 Å². The Kier molecular flexibility index (Phi) is 9.29. The molecule has 0 saturated carbocycles. The maximum atomic E-state index is 11.3. The van der Waals surface area contributed by atoms with Gasteiger partial charge in [0.25, 0.3) is 0 Å². The normalized spacial score (nSPS) is 13.3. The summed E-state index contributed by atoms with van der Waals surface area (Å²) in [6.45, 7) is 4.67. The molecule has 8 heteroatoms. The van der Waals surface area contributed by atoms with Crippen LogP contribution in [0.5, 0.6) is 0 Å². The van der Waals surface area contributed by atoms with Gasteiger partial charge in [-0.05, 0) is 50.1 Å². The monoisotopic (exact) mass is 431 g/mol. The van der Waals surface area contributed by atoms with Crippen molar-refractivity contribution in [3.63, 3.8) is 0 Å². The molecule has 0 fully saturated rings. The summed E-state index contributed by atoms with van der Waals surface area (Å²) in [5, 5.41) is 11.8. The number of hydrogen-bond acceptors (Lipinski definition) is 4.